The van der Waals surface area contributed by atoms with Crippen LogP contribution < -0.4 is 5.48 Å². The second kappa shape index (κ2) is 4.20. The molecule has 5 heteroatoms. The monoisotopic (exact) mass is 229 g/mol. The topological polar surface area (TPSA) is 58.6 Å². The van der Waals surface area contributed by atoms with E-state index in [-0.39, 0.29) is 5.41 Å². The van der Waals surface area contributed by atoms with Crippen LogP contribution in [0, 0.1) is 0 Å². The number of carbonyl (C=O) groups excluding carboxylic acids is 1. The van der Waals surface area contributed by atoms with E-state index >= 15 is 0 Å². The number of methoxy groups -OCH3 is 1. The maximum atomic E-state index is 11.4. The Morgan fingerprint density at radius 2 is 2.13 bits per heavy atom. The molecule has 2 N–H and O–H groups in total. The Morgan fingerprint density at radius 1 is 1.53 bits per heavy atom. The zero-order chi connectivity index (χ0) is 11.6. The molecule has 0 amide bonds. The molecule has 4 nitrogen and oxygen atoms in total. The first-order valence-corrected chi connectivity index (χ1v) is 5.34. The zero-order valence-corrected chi connectivity index (χ0v) is 10.1. The maximum absolute atomic E-state index is 11.4. The predicted molar refractivity (Wildman–Crippen MR) is 59.8 cm³/mol. The molecule has 0 saturated carbocycles. The smallest absolute Gasteiger partial charge is 0.350 e. The molecule has 1 heterocycles. The van der Waals surface area contributed by atoms with Crippen molar-refractivity contribution in [2.45, 2.75) is 26.2 Å². The fourth-order valence-corrected chi connectivity index (χ4v) is 2.17. The quantitative estimate of drug-likeness (QED) is 0.604. The number of hydrogen-bond donors (Lipinski definition) is 2. The molecule has 1 rings (SSSR count). The molecule has 0 aromatic carbocycles. The van der Waals surface area contributed by atoms with Gasteiger partial charge < -0.3 is 4.74 Å². The van der Waals surface area contributed by atoms with Gasteiger partial charge in [0.2, 0.25) is 0 Å². The number of anilines is 1. The van der Waals surface area contributed by atoms with Gasteiger partial charge in [-0.3, -0.25) is 10.7 Å². The summed E-state index contributed by atoms with van der Waals surface area (Å²) in [6, 6.07) is 1.76. The van der Waals surface area contributed by atoms with Gasteiger partial charge in [0, 0.05) is 4.88 Å². The zero-order valence-electron chi connectivity index (χ0n) is 9.25. The van der Waals surface area contributed by atoms with Crippen LogP contribution in [0.4, 0.5) is 5.69 Å². The van der Waals surface area contributed by atoms with Crippen LogP contribution in [0.15, 0.2) is 6.07 Å². The molecule has 0 bridgehead atoms. The van der Waals surface area contributed by atoms with Crippen LogP contribution in [0.3, 0.4) is 0 Å². The van der Waals surface area contributed by atoms with E-state index < -0.39 is 5.97 Å². The average molecular weight is 229 g/mol. The minimum Gasteiger partial charge on any atom is -0.465 e. The van der Waals surface area contributed by atoms with E-state index in [0.29, 0.717) is 10.6 Å². The van der Waals surface area contributed by atoms with E-state index in [1.807, 2.05) is 26.3 Å². The molecule has 0 spiro atoms. The molecule has 0 radical (unpaired) electrons. The van der Waals surface area contributed by atoms with Crippen LogP contribution >= 0.6 is 11.3 Å². The number of thiophene rings is 1. The van der Waals surface area contributed by atoms with Gasteiger partial charge in [-0.2, -0.15) is 0 Å². The van der Waals surface area contributed by atoms with Crippen molar-refractivity contribution in [1.82, 2.24) is 0 Å². The van der Waals surface area contributed by atoms with Crippen LogP contribution in [-0.4, -0.2) is 18.3 Å². The lowest BCUT2D eigenvalue weighted by atomic mass is 9.95. The van der Waals surface area contributed by atoms with Crippen LogP contribution in [0.1, 0.15) is 35.3 Å². The van der Waals surface area contributed by atoms with Crippen molar-refractivity contribution in [1.29, 1.82) is 0 Å². The van der Waals surface area contributed by atoms with Gasteiger partial charge in [-0.25, -0.2) is 4.79 Å². The third-order valence-corrected chi connectivity index (χ3v) is 3.50. The summed E-state index contributed by atoms with van der Waals surface area (Å²) in [5.74, 6) is -0.438. The summed E-state index contributed by atoms with van der Waals surface area (Å²) in [4.78, 5) is 12.8. The normalized spacial score (nSPS) is 11.3. The van der Waals surface area contributed by atoms with Crippen molar-refractivity contribution in [2.24, 2.45) is 0 Å². The summed E-state index contributed by atoms with van der Waals surface area (Å²) >= 11 is 1.33. The summed E-state index contributed by atoms with van der Waals surface area (Å²) in [5, 5.41) is 8.89. The Labute approximate surface area is 92.8 Å². The Kier molecular flexibility index (Phi) is 3.36. The molecular weight excluding hydrogens is 214 g/mol. The van der Waals surface area contributed by atoms with Crippen LogP contribution in [-0.2, 0) is 10.2 Å². The van der Waals surface area contributed by atoms with E-state index in [1.165, 1.54) is 18.4 Å². The lowest BCUT2D eigenvalue weighted by molar-refractivity contribution is 0.0606. The van der Waals surface area contributed by atoms with E-state index in [2.05, 4.69) is 4.74 Å². The molecule has 0 unspecified atom stereocenters. The van der Waals surface area contributed by atoms with Gasteiger partial charge in [0.1, 0.15) is 4.88 Å². The molecule has 15 heavy (non-hydrogen) atoms. The molecule has 0 fully saturated rings. The molecule has 0 aliphatic carbocycles. The van der Waals surface area contributed by atoms with Crippen molar-refractivity contribution in [3.05, 3.63) is 15.8 Å². The number of esters is 1. The van der Waals surface area contributed by atoms with E-state index in [4.69, 9.17) is 5.21 Å². The van der Waals surface area contributed by atoms with Crippen molar-refractivity contribution in [3.63, 3.8) is 0 Å². The molecular formula is C10H15NO3S. The Bertz CT molecular complexity index is 365. The number of rotatable bonds is 2. The summed E-state index contributed by atoms with van der Waals surface area (Å²) in [7, 11) is 1.32. The summed E-state index contributed by atoms with van der Waals surface area (Å²) < 4.78 is 4.63. The van der Waals surface area contributed by atoms with Gasteiger partial charge >= 0.3 is 5.97 Å². The Balaban J connectivity index is 3.17. The third-order valence-electron chi connectivity index (χ3n) is 1.96. The number of hydrogen-bond acceptors (Lipinski definition) is 5. The van der Waals surface area contributed by atoms with Crippen LogP contribution in [0.2, 0.25) is 0 Å². The fraction of sp³-hybridized carbons (Fsp3) is 0.500. The maximum Gasteiger partial charge on any atom is 0.350 e. The average Bonchev–Trinajstić information content (AvgIpc) is 2.59. The minimum atomic E-state index is -0.438. The van der Waals surface area contributed by atoms with Gasteiger partial charge in [0.05, 0.1) is 12.8 Å². The van der Waals surface area contributed by atoms with Crippen molar-refractivity contribution in [3.8, 4) is 0 Å². The lowest BCUT2D eigenvalue weighted by Gasteiger charge is -2.14. The first-order valence-electron chi connectivity index (χ1n) is 4.53. The largest absolute Gasteiger partial charge is 0.465 e. The summed E-state index contributed by atoms with van der Waals surface area (Å²) in [5.41, 5.74) is 2.36. The molecule has 84 valence electrons. The standard InChI is InChI=1S/C10H15NO3S/c1-10(2,3)7-5-6(11-13)8(15-7)9(12)14-4/h5,11,13H,1-4H3. The Morgan fingerprint density at radius 3 is 2.53 bits per heavy atom. The number of carbonyl (C=O) groups is 1. The highest BCUT2D eigenvalue weighted by molar-refractivity contribution is 7.14. The number of nitrogens with one attached hydrogen (secondary N) is 1. The lowest BCUT2D eigenvalue weighted by Crippen LogP contribution is -2.08. The predicted octanol–water partition coefficient (Wildman–Crippen LogP) is 2.63. The molecule has 0 atom stereocenters. The highest BCUT2D eigenvalue weighted by Gasteiger charge is 2.23. The molecule has 0 saturated heterocycles. The second-order valence-electron chi connectivity index (χ2n) is 4.21. The third kappa shape index (κ3) is 2.49. The van der Waals surface area contributed by atoms with Gasteiger partial charge in [0.15, 0.2) is 0 Å². The molecule has 1 aromatic rings. The molecule has 0 aliphatic rings. The number of ether oxygens (including phenoxy) is 1. The second-order valence-corrected chi connectivity index (χ2v) is 5.26. The van der Waals surface area contributed by atoms with Gasteiger partial charge in [0.25, 0.3) is 0 Å². The van der Waals surface area contributed by atoms with Crippen LogP contribution in [0.25, 0.3) is 0 Å². The highest BCUT2D eigenvalue weighted by atomic mass is 32.1. The van der Waals surface area contributed by atoms with E-state index in [1.54, 1.807) is 6.07 Å². The van der Waals surface area contributed by atoms with E-state index in [9.17, 15) is 4.79 Å². The Hall–Kier alpha value is -1.07. The van der Waals surface area contributed by atoms with Gasteiger partial charge in [-0.15, -0.1) is 11.3 Å². The van der Waals surface area contributed by atoms with Crippen molar-refractivity contribution in [2.75, 3.05) is 12.6 Å². The first-order chi connectivity index (χ1) is 6.90. The van der Waals surface area contributed by atoms with Gasteiger partial charge in [-0.05, 0) is 11.5 Å². The first kappa shape index (κ1) is 12.0. The fourth-order valence-electron chi connectivity index (χ4n) is 1.09. The van der Waals surface area contributed by atoms with E-state index in [0.717, 1.165) is 4.88 Å². The van der Waals surface area contributed by atoms with Crippen LogP contribution in [0.5, 0.6) is 0 Å². The molecule has 1 aromatic heterocycles. The van der Waals surface area contributed by atoms with Crippen molar-refractivity contribution < 1.29 is 14.7 Å². The summed E-state index contributed by atoms with van der Waals surface area (Å²) in [6.45, 7) is 6.13. The SMILES string of the molecule is COC(=O)c1sc(C(C)(C)C)cc1NO. The van der Waals surface area contributed by atoms with Gasteiger partial charge in [-0.1, -0.05) is 20.8 Å². The molecule has 0 aliphatic heterocycles. The highest BCUT2D eigenvalue weighted by Crippen LogP contribution is 2.35. The summed E-state index contributed by atoms with van der Waals surface area (Å²) in [6.07, 6.45) is 0. The van der Waals surface area contributed by atoms with Crippen molar-refractivity contribution >= 4 is 23.0 Å². The minimum absolute atomic E-state index is 0.0530.